The molecule has 3 rings (SSSR count). The molecule has 2 aromatic heterocycles. The minimum Gasteiger partial charge on any atom is -0.371 e. The van der Waals surface area contributed by atoms with E-state index in [1.807, 2.05) is 19.3 Å². The van der Waals surface area contributed by atoms with Crippen LogP contribution in [0.3, 0.4) is 0 Å². The molecule has 2 aromatic rings. The standard InChI is InChI=1S/C16H20N4/c1-10-11(2)16(17-3)20-19-14(10)13-8-4-6-12-7-5-9-18-15(12)13/h5,7,9,13H,4,6,8H2,1-3H3,(H,17,20). The predicted molar refractivity (Wildman–Crippen MR) is 80.1 cm³/mol. The van der Waals surface area contributed by atoms with Crippen LogP contribution in [0.15, 0.2) is 18.3 Å². The fraction of sp³-hybridized carbons (Fsp3) is 0.438. The van der Waals surface area contributed by atoms with E-state index in [0.717, 1.165) is 24.4 Å². The molecule has 0 aliphatic heterocycles. The van der Waals surface area contributed by atoms with Crippen molar-refractivity contribution in [3.63, 3.8) is 0 Å². The number of nitrogens with one attached hydrogen (secondary N) is 1. The summed E-state index contributed by atoms with van der Waals surface area (Å²) in [5.74, 6) is 1.15. The first-order valence-corrected chi connectivity index (χ1v) is 7.17. The smallest absolute Gasteiger partial charge is 0.151 e. The second-order valence-corrected chi connectivity index (χ2v) is 5.43. The number of fused-ring (bicyclic) bond motifs is 1. The Balaban J connectivity index is 2.09. The van der Waals surface area contributed by atoms with Crippen molar-refractivity contribution in [2.75, 3.05) is 12.4 Å². The van der Waals surface area contributed by atoms with Gasteiger partial charge in [-0.3, -0.25) is 4.98 Å². The van der Waals surface area contributed by atoms with Crippen molar-refractivity contribution in [3.8, 4) is 0 Å². The normalized spacial score (nSPS) is 17.6. The van der Waals surface area contributed by atoms with Crippen LogP contribution < -0.4 is 5.32 Å². The van der Waals surface area contributed by atoms with Crippen molar-refractivity contribution in [3.05, 3.63) is 46.4 Å². The van der Waals surface area contributed by atoms with Crippen LogP contribution in [0.5, 0.6) is 0 Å². The van der Waals surface area contributed by atoms with E-state index in [9.17, 15) is 0 Å². The fourth-order valence-corrected chi connectivity index (χ4v) is 3.07. The molecule has 2 heterocycles. The molecule has 1 aliphatic rings. The highest BCUT2D eigenvalue weighted by Gasteiger charge is 2.26. The molecule has 104 valence electrons. The Morgan fingerprint density at radius 3 is 2.80 bits per heavy atom. The molecule has 4 heteroatoms. The van der Waals surface area contributed by atoms with Gasteiger partial charge in [0.15, 0.2) is 5.82 Å². The number of nitrogens with zero attached hydrogens (tertiary/aromatic N) is 3. The molecule has 1 aliphatic carbocycles. The lowest BCUT2D eigenvalue weighted by Gasteiger charge is -2.25. The molecule has 4 nitrogen and oxygen atoms in total. The van der Waals surface area contributed by atoms with Gasteiger partial charge in [-0.05, 0) is 55.9 Å². The second kappa shape index (κ2) is 5.19. The number of aryl methyl sites for hydroxylation is 1. The van der Waals surface area contributed by atoms with E-state index in [1.54, 1.807) is 0 Å². The second-order valence-electron chi connectivity index (χ2n) is 5.43. The van der Waals surface area contributed by atoms with Gasteiger partial charge in [-0.15, -0.1) is 5.10 Å². The number of aromatic nitrogens is 3. The Labute approximate surface area is 119 Å². The van der Waals surface area contributed by atoms with E-state index in [0.29, 0.717) is 0 Å². The Hall–Kier alpha value is -1.97. The van der Waals surface area contributed by atoms with Crippen LogP contribution in [0.4, 0.5) is 5.82 Å². The third-order valence-electron chi connectivity index (χ3n) is 4.32. The maximum absolute atomic E-state index is 4.61. The SMILES string of the molecule is CNc1nnc(C2CCCc3cccnc32)c(C)c1C. The number of hydrogen-bond donors (Lipinski definition) is 1. The fourth-order valence-electron chi connectivity index (χ4n) is 3.07. The van der Waals surface area contributed by atoms with Crippen LogP contribution in [-0.4, -0.2) is 22.2 Å². The van der Waals surface area contributed by atoms with Gasteiger partial charge < -0.3 is 5.32 Å². The first-order valence-electron chi connectivity index (χ1n) is 7.17. The van der Waals surface area contributed by atoms with Gasteiger partial charge in [-0.1, -0.05) is 6.07 Å². The van der Waals surface area contributed by atoms with Crippen molar-refractivity contribution in [2.45, 2.75) is 39.0 Å². The van der Waals surface area contributed by atoms with Gasteiger partial charge in [-0.25, -0.2) is 0 Å². The number of rotatable bonds is 2. The third kappa shape index (κ3) is 2.05. The van der Waals surface area contributed by atoms with Crippen LogP contribution in [0.25, 0.3) is 0 Å². The molecule has 1 unspecified atom stereocenters. The minimum atomic E-state index is 0.289. The maximum atomic E-state index is 4.61. The lowest BCUT2D eigenvalue weighted by molar-refractivity contribution is 0.578. The van der Waals surface area contributed by atoms with Gasteiger partial charge in [0.25, 0.3) is 0 Å². The molecular formula is C16H20N4. The molecule has 1 atom stereocenters. The van der Waals surface area contributed by atoms with Crippen LogP contribution in [0.2, 0.25) is 0 Å². The first-order chi connectivity index (χ1) is 9.72. The summed E-state index contributed by atoms with van der Waals surface area (Å²) in [6, 6.07) is 4.21. The summed E-state index contributed by atoms with van der Waals surface area (Å²) >= 11 is 0. The lowest BCUT2D eigenvalue weighted by Crippen LogP contribution is -2.17. The molecule has 0 bridgehead atoms. The van der Waals surface area contributed by atoms with Crippen molar-refractivity contribution < 1.29 is 0 Å². The van der Waals surface area contributed by atoms with Gasteiger partial charge in [-0.2, -0.15) is 5.10 Å². The van der Waals surface area contributed by atoms with E-state index < -0.39 is 0 Å². The number of hydrogen-bond acceptors (Lipinski definition) is 4. The summed E-state index contributed by atoms with van der Waals surface area (Å²) in [5, 5.41) is 11.9. The van der Waals surface area contributed by atoms with E-state index in [-0.39, 0.29) is 5.92 Å². The zero-order valence-electron chi connectivity index (χ0n) is 12.3. The monoisotopic (exact) mass is 268 g/mol. The minimum absolute atomic E-state index is 0.289. The van der Waals surface area contributed by atoms with Gasteiger partial charge in [0.2, 0.25) is 0 Å². The highest BCUT2D eigenvalue weighted by atomic mass is 15.2. The van der Waals surface area contributed by atoms with Gasteiger partial charge in [0, 0.05) is 19.2 Å². The van der Waals surface area contributed by atoms with E-state index in [2.05, 4.69) is 40.4 Å². The highest BCUT2D eigenvalue weighted by molar-refractivity contribution is 5.49. The molecular weight excluding hydrogens is 248 g/mol. The number of anilines is 1. The molecule has 0 radical (unpaired) electrons. The average molecular weight is 268 g/mol. The maximum Gasteiger partial charge on any atom is 0.151 e. The zero-order valence-corrected chi connectivity index (χ0v) is 12.3. The molecule has 20 heavy (non-hydrogen) atoms. The summed E-state index contributed by atoms with van der Waals surface area (Å²) in [6.45, 7) is 4.24. The summed E-state index contributed by atoms with van der Waals surface area (Å²) in [6.07, 6.45) is 5.31. The van der Waals surface area contributed by atoms with Crippen LogP contribution >= 0.6 is 0 Å². The summed E-state index contributed by atoms with van der Waals surface area (Å²) < 4.78 is 0. The quantitative estimate of drug-likeness (QED) is 0.909. The summed E-state index contributed by atoms with van der Waals surface area (Å²) in [4.78, 5) is 4.61. The average Bonchev–Trinajstić information content (AvgIpc) is 2.50. The van der Waals surface area contributed by atoms with Crippen molar-refractivity contribution in [1.82, 2.24) is 15.2 Å². The first kappa shape index (κ1) is 13.0. The van der Waals surface area contributed by atoms with Gasteiger partial charge in [0.05, 0.1) is 11.4 Å². The Kier molecular flexibility index (Phi) is 3.38. The summed E-state index contributed by atoms with van der Waals surface area (Å²) in [5.41, 5.74) is 6.04. The largest absolute Gasteiger partial charge is 0.371 e. The molecule has 0 saturated heterocycles. The van der Waals surface area contributed by atoms with E-state index in [4.69, 9.17) is 0 Å². The highest BCUT2D eigenvalue weighted by Crippen LogP contribution is 2.36. The van der Waals surface area contributed by atoms with Crippen molar-refractivity contribution >= 4 is 5.82 Å². The van der Waals surface area contributed by atoms with Crippen LogP contribution in [-0.2, 0) is 6.42 Å². The molecule has 0 fully saturated rings. The van der Waals surface area contributed by atoms with Gasteiger partial charge >= 0.3 is 0 Å². The summed E-state index contributed by atoms with van der Waals surface area (Å²) in [7, 11) is 1.88. The Morgan fingerprint density at radius 2 is 2.00 bits per heavy atom. The van der Waals surface area contributed by atoms with Crippen molar-refractivity contribution in [1.29, 1.82) is 0 Å². The topological polar surface area (TPSA) is 50.7 Å². The molecule has 0 saturated carbocycles. The van der Waals surface area contributed by atoms with Crippen molar-refractivity contribution in [2.24, 2.45) is 0 Å². The lowest BCUT2D eigenvalue weighted by atomic mass is 9.83. The number of pyridine rings is 1. The molecule has 0 aromatic carbocycles. The van der Waals surface area contributed by atoms with Crippen LogP contribution in [0.1, 0.15) is 46.8 Å². The molecule has 0 amide bonds. The van der Waals surface area contributed by atoms with Crippen LogP contribution in [0, 0.1) is 13.8 Å². The Morgan fingerprint density at radius 1 is 1.15 bits per heavy atom. The molecule has 1 N–H and O–H groups in total. The third-order valence-corrected chi connectivity index (χ3v) is 4.32. The van der Waals surface area contributed by atoms with E-state index in [1.165, 1.54) is 28.8 Å². The molecule has 0 spiro atoms. The zero-order chi connectivity index (χ0) is 14.1. The predicted octanol–water partition coefficient (Wildman–Crippen LogP) is 3.00. The van der Waals surface area contributed by atoms with E-state index >= 15 is 0 Å². The van der Waals surface area contributed by atoms with Gasteiger partial charge in [0.1, 0.15) is 0 Å². The Bertz CT molecular complexity index is 636.